The van der Waals surface area contributed by atoms with Crippen LogP contribution in [0.15, 0.2) is 41.3 Å². The van der Waals surface area contributed by atoms with Crippen LogP contribution in [0.3, 0.4) is 0 Å². The maximum absolute atomic E-state index is 13.8. The van der Waals surface area contributed by atoms with Crippen molar-refractivity contribution in [2.24, 2.45) is 0 Å². The molecule has 1 N–H and O–H groups in total. The van der Waals surface area contributed by atoms with Crippen molar-refractivity contribution in [2.45, 2.75) is 24.2 Å². The van der Waals surface area contributed by atoms with E-state index in [2.05, 4.69) is 10.3 Å². The molecule has 0 atom stereocenters. The molecule has 4 rings (SSSR count). The fraction of sp³-hybridized carbons (Fsp3) is 0.263. The van der Waals surface area contributed by atoms with Crippen LogP contribution >= 0.6 is 11.3 Å². The molecule has 2 heterocycles. The molecule has 0 radical (unpaired) electrons. The van der Waals surface area contributed by atoms with Gasteiger partial charge in [-0.15, -0.1) is 0 Å². The highest BCUT2D eigenvalue weighted by Gasteiger charge is 2.26. The summed E-state index contributed by atoms with van der Waals surface area (Å²) >= 11 is 0.949. The molecule has 29 heavy (non-hydrogen) atoms. The summed E-state index contributed by atoms with van der Waals surface area (Å²) in [6.45, 7) is 0.999. The van der Waals surface area contributed by atoms with Crippen molar-refractivity contribution in [3.05, 3.63) is 53.6 Å². The van der Waals surface area contributed by atoms with E-state index in [-0.39, 0.29) is 25.8 Å². The van der Waals surface area contributed by atoms with Crippen LogP contribution in [-0.2, 0) is 10.0 Å². The maximum Gasteiger partial charge on any atom is 0.257 e. The number of aromatic nitrogens is 1. The molecule has 0 saturated carbocycles. The van der Waals surface area contributed by atoms with Gasteiger partial charge in [-0.2, -0.15) is 4.31 Å². The molecule has 0 aliphatic carbocycles. The topological polar surface area (TPSA) is 79.4 Å². The molecular weight excluding hydrogens is 420 g/mol. The lowest BCUT2D eigenvalue weighted by Crippen LogP contribution is -2.35. The number of nitrogens with zero attached hydrogens (tertiary/aromatic N) is 2. The summed E-state index contributed by atoms with van der Waals surface area (Å²) in [5.41, 5.74) is 0.211. The zero-order valence-electron chi connectivity index (χ0n) is 15.2. The van der Waals surface area contributed by atoms with Crippen LogP contribution in [0.1, 0.15) is 29.6 Å². The molecule has 2 aromatic carbocycles. The summed E-state index contributed by atoms with van der Waals surface area (Å²) in [5.74, 6) is -2.04. The first-order chi connectivity index (χ1) is 13.8. The number of benzene rings is 2. The highest BCUT2D eigenvalue weighted by Crippen LogP contribution is 2.29. The smallest absolute Gasteiger partial charge is 0.257 e. The molecule has 1 aromatic heterocycles. The maximum atomic E-state index is 13.8. The number of carbonyl (C=O) groups is 1. The first-order valence-electron chi connectivity index (χ1n) is 9.02. The van der Waals surface area contributed by atoms with Gasteiger partial charge in [-0.3, -0.25) is 10.1 Å². The van der Waals surface area contributed by atoms with Gasteiger partial charge in [0, 0.05) is 24.7 Å². The van der Waals surface area contributed by atoms with Crippen molar-refractivity contribution < 1.29 is 22.0 Å². The number of anilines is 1. The SMILES string of the molecule is O=C(Nc1nc2c(F)cc(F)cc2s1)c1ccc(S(=O)(=O)N2CCCCC2)cc1. The minimum absolute atomic E-state index is 0.0188. The number of hydrogen-bond donors (Lipinski definition) is 1. The highest BCUT2D eigenvalue weighted by atomic mass is 32.2. The van der Waals surface area contributed by atoms with Gasteiger partial charge >= 0.3 is 0 Å². The highest BCUT2D eigenvalue weighted by molar-refractivity contribution is 7.89. The van der Waals surface area contributed by atoms with E-state index in [1.54, 1.807) is 0 Å². The molecule has 10 heteroatoms. The average molecular weight is 437 g/mol. The van der Waals surface area contributed by atoms with E-state index in [1.807, 2.05) is 0 Å². The molecule has 3 aromatic rings. The van der Waals surface area contributed by atoms with Crippen LogP contribution in [0.25, 0.3) is 10.2 Å². The Labute approximate surface area is 170 Å². The fourth-order valence-electron chi connectivity index (χ4n) is 3.21. The first-order valence-corrected chi connectivity index (χ1v) is 11.3. The summed E-state index contributed by atoms with van der Waals surface area (Å²) in [7, 11) is -3.58. The van der Waals surface area contributed by atoms with Gasteiger partial charge in [0.1, 0.15) is 11.3 Å². The predicted molar refractivity (Wildman–Crippen MR) is 107 cm³/mol. The molecule has 1 amide bonds. The molecule has 0 unspecified atom stereocenters. The Morgan fingerprint density at radius 1 is 1.07 bits per heavy atom. The third-order valence-electron chi connectivity index (χ3n) is 4.70. The zero-order chi connectivity index (χ0) is 20.6. The second-order valence-electron chi connectivity index (χ2n) is 6.70. The Morgan fingerprint density at radius 2 is 1.76 bits per heavy atom. The minimum atomic E-state index is -3.58. The lowest BCUT2D eigenvalue weighted by molar-refractivity contribution is 0.102. The largest absolute Gasteiger partial charge is 0.298 e. The van der Waals surface area contributed by atoms with Crippen LogP contribution in [0, 0.1) is 11.6 Å². The van der Waals surface area contributed by atoms with Crippen molar-refractivity contribution in [1.29, 1.82) is 0 Å². The summed E-state index contributed by atoms with van der Waals surface area (Å²) in [6.07, 6.45) is 2.70. The van der Waals surface area contributed by atoms with Gasteiger partial charge in [-0.1, -0.05) is 17.8 Å². The Bertz CT molecular complexity index is 1170. The second-order valence-corrected chi connectivity index (χ2v) is 9.67. The Morgan fingerprint density at radius 3 is 2.45 bits per heavy atom. The van der Waals surface area contributed by atoms with E-state index in [1.165, 1.54) is 28.6 Å². The third-order valence-corrected chi connectivity index (χ3v) is 7.53. The molecule has 1 aliphatic rings. The number of thiazole rings is 1. The van der Waals surface area contributed by atoms with Gasteiger partial charge in [0.25, 0.3) is 5.91 Å². The number of piperidine rings is 1. The Balaban J connectivity index is 1.52. The number of nitrogens with one attached hydrogen (secondary N) is 1. The normalized spacial score (nSPS) is 15.5. The number of fused-ring (bicyclic) bond motifs is 1. The number of hydrogen-bond acceptors (Lipinski definition) is 5. The summed E-state index contributed by atoms with van der Waals surface area (Å²) in [6, 6.07) is 7.50. The van der Waals surface area contributed by atoms with Crippen LogP contribution in [0.4, 0.5) is 13.9 Å². The van der Waals surface area contributed by atoms with Crippen LogP contribution in [-0.4, -0.2) is 36.7 Å². The lowest BCUT2D eigenvalue weighted by Gasteiger charge is -2.25. The van der Waals surface area contributed by atoms with Crippen molar-refractivity contribution in [3.63, 3.8) is 0 Å². The van der Waals surface area contributed by atoms with Crippen LogP contribution < -0.4 is 5.32 Å². The van der Waals surface area contributed by atoms with E-state index in [0.29, 0.717) is 13.1 Å². The molecule has 1 saturated heterocycles. The minimum Gasteiger partial charge on any atom is -0.298 e. The quantitative estimate of drug-likeness (QED) is 0.669. The fourth-order valence-corrected chi connectivity index (χ4v) is 5.63. The zero-order valence-corrected chi connectivity index (χ0v) is 16.8. The lowest BCUT2D eigenvalue weighted by atomic mass is 10.2. The molecular formula is C19H17F2N3O3S2. The Kier molecular flexibility index (Phi) is 5.32. The van der Waals surface area contributed by atoms with Crippen molar-refractivity contribution in [1.82, 2.24) is 9.29 Å². The molecule has 152 valence electrons. The van der Waals surface area contributed by atoms with Gasteiger partial charge in [-0.25, -0.2) is 22.2 Å². The summed E-state index contributed by atoms with van der Waals surface area (Å²) in [5, 5.41) is 2.66. The number of rotatable bonds is 4. The number of amides is 1. The Hall–Kier alpha value is -2.43. The van der Waals surface area contributed by atoms with E-state index >= 15 is 0 Å². The van der Waals surface area contributed by atoms with Gasteiger partial charge in [-0.05, 0) is 43.2 Å². The molecule has 1 fully saturated rings. The molecule has 0 spiro atoms. The monoisotopic (exact) mass is 437 g/mol. The van der Waals surface area contributed by atoms with Gasteiger partial charge in [0.2, 0.25) is 10.0 Å². The number of carbonyl (C=O) groups excluding carboxylic acids is 1. The van der Waals surface area contributed by atoms with Crippen molar-refractivity contribution in [3.8, 4) is 0 Å². The summed E-state index contributed by atoms with van der Waals surface area (Å²) < 4.78 is 54.1. The number of halogens is 2. The number of sulfonamides is 1. The standard InChI is InChI=1S/C19H17F2N3O3S2/c20-13-10-15(21)17-16(11-13)28-19(22-17)23-18(25)12-4-6-14(7-5-12)29(26,27)24-8-2-1-3-9-24/h4-7,10-11H,1-3,8-9H2,(H,22,23,25). The third kappa shape index (κ3) is 4.00. The van der Waals surface area contributed by atoms with Crippen molar-refractivity contribution >= 4 is 42.6 Å². The van der Waals surface area contributed by atoms with Crippen LogP contribution in [0.5, 0.6) is 0 Å². The van der Waals surface area contributed by atoms with Crippen LogP contribution in [0.2, 0.25) is 0 Å². The molecule has 1 aliphatic heterocycles. The van der Waals surface area contributed by atoms with Gasteiger partial charge < -0.3 is 0 Å². The van der Waals surface area contributed by atoms with E-state index in [4.69, 9.17) is 0 Å². The first kappa shape index (κ1) is 19.9. The van der Waals surface area contributed by atoms with Crippen molar-refractivity contribution in [2.75, 3.05) is 18.4 Å². The summed E-state index contributed by atoms with van der Waals surface area (Å²) in [4.78, 5) is 16.5. The van der Waals surface area contributed by atoms with Gasteiger partial charge in [0.15, 0.2) is 10.9 Å². The molecule has 0 bridgehead atoms. The van der Waals surface area contributed by atoms with E-state index in [9.17, 15) is 22.0 Å². The molecule has 6 nitrogen and oxygen atoms in total. The van der Waals surface area contributed by atoms with E-state index in [0.717, 1.165) is 42.7 Å². The van der Waals surface area contributed by atoms with E-state index < -0.39 is 27.6 Å². The average Bonchev–Trinajstić information content (AvgIpc) is 3.11. The predicted octanol–water partition coefficient (Wildman–Crippen LogP) is 4.00. The van der Waals surface area contributed by atoms with Gasteiger partial charge in [0.05, 0.1) is 9.60 Å². The second kappa shape index (κ2) is 7.77.